The Morgan fingerprint density at radius 2 is 1.79 bits per heavy atom. The summed E-state index contributed by atoms with van der Waals surface area (Å²) in [5, 5.41) is 9.08. The smallest absolute Gasteiger partial charge is 0.303 e. The topological polar surface area (TPSA) is 54.4 Å². The molecule has 4 aliphatic rings. The predicted octanol–water partition coefficient (Wildman–Crippen LogP) is 5.83. The fourth-order valence-electron chi connectivity index (χ4n) is 8.49. The molecule has 0 spiro atoms. The molecule has 0 amide bonds. The molecular formula is C24H40O3S. The van der Waals surface area contributed by atoms with Gasteiger partial charge in [0.25, 0.3) is 0 Å². The Morgan fingerprint density at radius 1 is 1.07 bits per heavy atom. The van der Waals surface area contributed by atoms with Gasteiger partial charge in [0.2, 0.25) is 0 Å². The zero-order valence-corrected chi connectivity index (χ0v) is 19.0. The number of carbonyl (C=O) groups excluding carboxylic acids is 1. The van der Waals surface area contributed by atoms with E-state index in [9.17, 15) is 9.59 Å². The molecule has 7 unspecified atom stereocenters. The van der Waals surface area contributed by atoms with Gasteiger partial charge in [0.1, 0.15) is 5.78 Å². The maximum Gasteiger partial charge on any atom is 0.303 e. The number of carboxylic acids is 1. The Balaban J connectivity index is 0.00000225. The highest BCUT2D eigenvalue weighted by atomic mass is 32.1. The highest BCUT2D eigenvalue weighted by molar-refractivity contribution is 7.59. The first-order valence-electron chi connectivity index (χ1n) is 11.5. The first-order valence-corrected chi connectivity index (χ1v) is 11.5. The third-order valence-electron chi connectivity index (χ3n) is 9.96. The molecule has 28 heavy (non-hydrogen) atoms. The van der Waals surface area contributed by atoms with E-state index in [0.717, 1.165) is 12.8 Å². The number of carbonyl (C=O) groups is 2. The number of carboxylic acid groups (broad SMARTS) is 1. The largest absolute Gasteiger partial charge is 0.481 e. The van der Waals surface area contributed by atoms with Crippen LogP contribution >= 0.6 is 13.5 Å². The average molecular weight is 409 g/mol. The van der Waals surface area contributed by atoms with Crippen molar-refractivity contribution in [1.82, 2.24) is 0 Å². The second kappa shape index (κ2) is 7.96. The highest BCUT2D eigenvalue weighted by Gasteiger charge is 2.62. The number of rotatable bonds is 4. The van der Waals surface area contributed by atoms with E-state index in [-0.39, 0.29) is 25.3 Å². The Bertz CT molecular complexity index is 619. The minimum Gasteiger partial charge on any atom is -0.481 e. The van der Waals surface area contributed by atoms with Gasteiger partial charge < -0.3 is 5.11 Å². The van der Waals surface area contributed by atoms with Crippen LogP contribution < -0.4 is 0 Å². The molecule has 0 heterocycles. The maximum absolute atomic E-state index is 13.3. The summed E-state index contributed by atoms with van der Waals surface area (Å²) in [5.74, 6) is 3.02. The van der Waals surface area contributed by atoms with E-state index in [1.54, 1.807) is 0 Å². The fourth-order valence-corrected chi connectivity index (χ4v) is 8.49. The first kappa shape index (κ1) is 22.2. The van der Waals surface area contributed by atoms with Crippen LogP contribution in [0.1, 0.15) is 91.4 Å². The van der Waals surface area contributed by atoms with E-state index >= 15 is 0 Å². The molecule has 4 heteroatoms. The maximum atomic E-state index is 13.3. The van der Waals surface area contributed by atoms with Gasteiger partial charge in [0, 0.05) is 18.8 Å². The van der Waals surface area contributed by atoms with Crippen LogP contribution in [0.5, 0.6) is 0 Å². The second-order valence-corrected chi connectivity index (χ2v) is 11.0. The number of hydrogen-bond acceptors (Lipinski definition) is 2. The molecule has 0 aromatic heterocycles. The molecule has 0 saturated heterocycles. The van der Waals surface area contributed by atoms with Gasteiger partial charge in [-0.25, -0.2) is 0 Å². The molecule has 4 fully saturated rings. The lowest BCUT2D eigenvalue weighted by Gasteiger charge is -2.60. The lowest BCUT2D eigenvalue weighted by Crippen LogP contribution is -2.56. The van der Waals surface area contributed by atoms with E-state index in [1.165, 1.54) is 51.4 Å². The Labute approximate surface area is 177 Å². The van der Waals surface area contributed by atoms with Gasteiger partial charge in [0.05, 0.1) is 0 Å². The van der Waals surface area contributed by atoms with E-state index in [0.29, 0.717) is 46.7 Å². The summed E-state index contributed by atoms with van der Waals surface area (Å²) in [6, 6.07) is 0. The molecule has 0 aromatic carbocycles. The third kappa shape index (κ3) is 3.36. The summed E-state index contributed by atoms with van der Waals surface area (Å²) in [6.07, 6.45) is 12.0. The summed E-state index contributed by atoms with van der Waals surface area (Å²) >= 11 is 0. The van der Waals surface area contributed by atoms with Crippen LogP contribution in [-0.4, -0.2) is 16.9 Å². The van der Waals surface area contributed by atoms with Crippen LogP contribution in [0, 0.1) is 46.3 Å². The van der Waals surface area contributed by atoms with Gasteiger partial charge in [-0.3, -0.25) is 9.59 Å². The van der Waals surface area contributed by atoms with Crippen molar-refractivity contribution in [2.75, 3.05) is 0 Å². The lowest BCUT2D eigenvalue weighted by molar-refractivity contribution is -0.156. The number of hydrogen-bond donors (Lipinski definition) is 1. The van der Waals surface area contributed by atoms with Gasteiger partial charge in [-0.05, 0) is 85.4 Å². The highest BCUT2D eigenvalue weighted by Crippen LogP contribution is 2.67. The molecule has 3 nitrogen and oxygen atoms in total. The molecule has 1 N–H and O–H groups in total. The van der Waals surface area contributed by atoms with Gasteiger partial charge in [-0.15, -0.1) is 0 Å². The summed E-state index contributed by atoms with van der Waals surface area (Å²) < 4.78 is 0. The molecule has 0 radical (unpaired) electrons. The molecule has 4 rings (SSSR count). The van der Waals surface area contributed by atoms with Crippen molar-refractivity contribution in [3.8, 4) is 0 Å². The van der Waals surface area contributed by atoms with Crippen molar-refractivity contribution >= 4 is 25.2 Å². The minimum absolute atomic E-state index is 0. The zero-order valence-electron chi connectivity index (χ0n) is 18.0. The Hall–Kier alpha value is -0.510. The summed E-state index contributed by atoms with van der Waals surface area (Å²) in [6.45, 7) is 7.23. The Morgan fingerprint density at radius 3 is 2.50 bits per heavy atom. The van der Waals surface area contributed by atoms with Crippen molar-refractivity contribution in [2.24, 2.45) is 46.3 Å². The van der Waals surface area contributed by atoms with E-state index in [4.69, 9.17) is 5.11 Å². The van der Waals surface area contributed by atoms with E-state index in [2.05, 4.69) is 20.8 Å². The van der Waals surface area contributed by atoms with Crippen molar-refractivity contribution in [2.45, 2.75) is 91.4 Å². The van der Waals surface area contributed by atoms with Gasteiger partial charge in [-0.2, -0.15) is 13.5 Å². The van der Waals surface area contributed by atoms with Crippen molar-refractivity contribution < 1.29 is 14.7 Å². The lowest BCUT2D eigenvalue weighted by atomic mass is 9.44. The van der Waals surface area contributed by atoms with Crippen LogP contribution in [0.25, 0.3) is 0 Å². The standard InChI is InChI=1S/C24H38O3.H2S/c1-15(7-10-21(26)27)17-8-9-18-22-19(11-13-24(17,18)3)23(2)12-5-4-6-16(23)14-20(22)25;/h15-19,22H,4-14H2,1-3H3,(H,26,27);1H2/t15-,16?,17?,18?,19?,22?,23?,24?;/m1./s1. The van der Waals surface area contributed by atoms with Gasteiger partial charge in [-0.1, -0.05) is 33.6 Å². The van der Waals surface area contributed by atoms with Crippen molar-refractivity contribution in [3.63, 3.8) is 0 Å². The van der Waals surface area contributed by atoms with Gasteiger partial charge in [0.15, 0.2) is 0 Å². The van der Waals surface area contributed by atoms with Crippen molar-refractivity contribution in [3.05, 3.63) is 0 Å². The summed E-state index contributed by atoms with van der Waals surface area (Å²) in [5.41, 5.74) is 0.637. The SMILES string of the molecule is C[C@H](CCC(=O)O)C1CCC2C3C(=O)CC4CCCCC4(C)C3CCC21C.S. The van der Waals surface area contributed by atoms with Crippen LogP contribution in [0.3, 0.4) is 0 Å². The molecule has 0 aromatic rings. The molecule has 0 aliphatic heterocycles. The van der Waals surface area contributed by atoms with Crippen LogP contribution in [-0.2, 0) is 9.59 Å². The summed E-state index contributed by atoms with van der Waals surface area (Å²) in [4.78, 5) is 24.4. The van der Waals surface area contributed by atoms with E-state index in [1.807, 2.05) is 0 Å². The Kier molecular flexibility index (Phi) is 6.31. The van der Waals surface area contributed by atoms with Crippen molar-refractivity contribution in [1.29, 1.82) is 0 Å². The number of fused-ring (bicyclic) bond motifs is 5. The van der Waals surface area contributed by atoms with E-state index < -0.39 is 5.97 Å². The molecule has 4 aliphatic carbocycles. The number of ketones is 1. The average Bonchev–Trinajstić information content (AvgIpc) is 2.97. The molecule has 4 saturated carbocycles. The molecule has 160 valence electrons. The minimum atomic E-state index is -0.677. The predicted molar refractivity (Wildman–Crippen MR) is 117 cm³/mol. The molecular weight excluding hydrogens is 368 g/mol. The summed E-state index contributed by atoms with van der Waals surface area (Å²) in [7, 11) is 0. The first-order chi connectivity index (χ1) is 12.8. The fraction of sp³-hybridized carbons (Fsp3) is 0.917. The van der Waals surface area contributed by atoms with Crippen LogP contribution in [0.15, 0.2) is 0 Å². The normalized spacial score (nSPS) is 46.0. The third-order valence-corrected chi connectivity index (χ3v) is 9.96. The van der Waals surface area contributed by atoms with Crippen LogP contribution in [0.2, 0.25) is 0 Å². The monoisotopic (exact) mass is 408 g/mol. The van der Waals surface area contributed by atoms with Crippen LogP contribution in [0.4, 0.5) is 0 Å². The zero-order chi connectivity index (χ0) is 19.4. The van der Waals surface area contributed by atoms with Gasteiger partial charge >= 0.3 is 5.97 Å². The number of aliphatic carboxylic acids is 1. The quantitative estimate of drug-likeness (QED) is 0.637. The second-order valence-electron chi connectivity index (χ2n) is 11.0. The molecule has 8 atom stereocenters. The number of Topliss-reactive ketones (excluding diaryl/α,β-unsaturated/α-hetero) is 1. The molecule has 0 bridgehead atoms.